The molecule has 1 aromatic heterocycles. The number of morpholine rings is 1. The summed E-state index contributed by atoms with van der Waals surface area (Å²) in [6.45, 7) is 5.44. The summed E-state index contributed by atoms with van der Waals surface area (Å²) < 4.78 is 25.2. The van der Waals surface area contributed by atoms with E-state index in [2.05, 4.69) is 32.1 Å². The fraction of sp³-hybridized carbons (Fsp3) is 0.321. The van der Waals surface area contributed by atoms with Crippen molar-refractivity contribution in [3.05, 3.63) is 71.8 Å². The van der Waals surface area contributed by atoms with Gasteiger partial charge in [-0.2, -0.15) is 0 Å². The van der Waals surface area contributed by atoms with Crippen LogP contribution >= 0.6 is 11.6 Å². The van der Waals surface area contributed by atoms with Gasteiger partial charge in [-0.1, -0.05) is 24.2 Å². The largest absolute Gasteiger partial charge is 0.494 e. The molecule has 3 aromatic rings. The van der Waals surface area contributed by atoms with Crippen LogP contribution in [0.2, 0.25) is 5.02 Å². The van der Waals surface area contributed by atoms with Crippen molar-refractivity contribution in [3.8, 4) is 5.75 Å². The monoisotopic (exact) mass is 566 g/mol. The third-order valence-electron chi connectivity index (χ3n) is 7.35. The SMILES string of the molecule is C=CC(=O)Nc1cc(Nc2cc(N3OCC[C@@H]3c3ccc(F)c(Cl)c3)ncn2)c(OC)cc1N1C[C@@H]2C[C@H]1CO2. The van der Waals surface area contributed by atoms with Gasteiger partial charge in [0.05, 0.1) is 60.6 Å². The molecular weight excluding hydrogens is 539 g/mol. The van der Waals surface area contributed by atoms with E-state index in [1.807, 2.05) is 12.1 Å². The Balaban J connectivity index is 1.30. The van der Waals surface area contributed by atoms with Crippen molar-refractivity contribution in [2.45, 2.75) is 31.0 Å². The number of amides is 1. The van der Waals surface area contributed by atoms with Crippen LogP contribution in [0.4, 0.5) is 33.1 Å². The number of benzene rings is 2. The first-order chi connectivity index (χ1) is 19.4. The van der Waals surface area contributed by atoms with Gasteiger partial charge in [-0.15, -0.1) is 0 Å². The molecule has 0 aliphatic carbocycles. The number of methoxy groups -OCH3 is 1. The van der Waals surface area contributed by atoms with Gasteiger partial charge in [-0.25, -0.2) is 19.4 Å². The topological polar surface area (TPSA) is 101 Å². The van der Waals surface area contributed by atoms with Gasteiger partial charge in [0.15, 0.2) is 5.82 Å². The van der Waals surface area contributed by atoms with Gasteiger partial charge in [0, 0.05) is 25.1 Å². The lowest BCUT2D eigenvalue weighted by Crippen LogP contribution is -2.37. The number of halogens is 2. The van der Waals surface area contributed by atoms with Gasteiger partial charge in [-0.3, -0.25) is 9.63 Å². The number of hydrogen-bond donors (Lipinski definition) is 2. The van der Waals surface area contributed by atoms with E-state index in [0.717, 1.165) is 24.2 Å². The molecule has 2 bridgehead atoms. The number of hydroxylamine groups is 1. The maximum absolute atomic E-state index is 13.7. The predicted octanol–water partition coefficient (Wildman–Crippen LogP) is 5.01. The van der Waals surface area contributed by atoms with Gasteiger partial charge >= 0.3 is 0 Å². The smallest absolute Gasteiger partial charge is 0.247 e. The average Bonchev–Trinajstić information content (AvgIpc) is 3.73. The fourth-order valence-electron chi connectivity index (χ4n) is 5.44. The Morgan fingerprint density at radius 3 is 2.85 bits per heavy atom. The molecule has 10 nitrogen and oxygen atoms in total. The summed E-state index contributed by atoms with van der Waals surface area (Å²) in [7, 11) is 1.59. The van der Waals surface area contributed by atoms with Crippen LogP contribution in [0.15, 0.2) is 55.4 Å². The molecule has 4 heterocycles. The fourth-order valence-corrected chi connectivity index (χ4v) is 5.63. The lowest BCUT2D eigenvalue weighted by atomic mass is 10.0. The van der Waals surface area contributed by atoms with Gasteiger partial charge in [0.25, 0.3) is 0 Å². The van der Waals surface area contributed by atoms with Crippen LogP contribution in [0.1, 0.15) is 24.4 Å². The maximum atomic E-state index is 13.7. The van der Waals surface area contributed by atoms with Crippen molar-refractivity contribution in [2.75, 3.05) is 47.5 Å². The number of hydrogen-bond acceptors (Lipinski definition) is 9. The molecule has 3 aliphatic rings. The lowest BCUT2D eigenvalue weighted by molar-refractivity contribution is -0.111. The summed E-state index contributed by atoms with van der Waals surface area (Å²) in [6, 6.07) is 10.2. The summed E-state index contributed by atoms with van der Waals surface area (Å²) in [6.07, 6.45) is 4.47. The Bertz CT molecular complexity index is 1460. The summed E-state index contributed by atoms with van der Waals surface area (Å²) in [4.78, 5) is 29.2. The van der Waals surface area contributed by atoms with E-state index in [9.17, 15) is 9.18 Å². The molecule has 2 aromatic carbocycles. The zero-order chi connectivity index (χ0) is 27.8. The Labute approximate surface area is 235 Å². The van der Waals surface area contributed by atoms with Crippen molar-refractivity contribution in [1.82, 2.24) is 9.97 Å². The van der Waals surface area contributed by atoms with E-state index in [-0.39, 0.29) is 29.1 Å². The molecule has 0 saturated carbocycles. The number of carbonyl (C=O) groups is 1. The molecule has 208 valence electrons. The van der Waals surface area contributed by atoms with Gasteiger partial charge in [0.2, 0.25) is 5.91 Å². The minimum Gasteiger partial charge on any atom is -0.494 e. The molecule has 0 unspecified atom stereocenters. The van der Waals surface area contributed by atoms with Crippen molar-refractivity contribution in [1.29, 1.82) is 0 Å². The Morgan fingerprint density at radius 2 is 2.12 bits per heavy atom. The van der Waals surface area contributed by atoms with Crippen molar-refractivity contribution in [2.24, 2.45) is 0 Å². The van der Waals surface area contributed by atoms with Gasteiger partial charge in [0.1, 0.15) is 23.7 Å². The number of fused-ring (bicyclic) bond motifs is 2. The molecule has 3 fully saturated rings. The predicted molar refractivity (Wildman–Crippen MR) is 150 cm³/mol. The molecule has 1 amide bonds. The van der Waals surface area contributed by atoms with E-state index in [4.69, 9.17) is 25.9 Å². The van der Waals surface area contributed by atoms with Crippen LogP contribution in [-0.4, -0.2) is 54.9 Å². The number of carbonyl (C=O) groups excluding carboxylic acids is 1. The summed E-state index contributed by atoms with van der Waals surface area (Å²) in [5.41, 5.74) is 2.88. The first-order valence-electron chi connectivity index (χ1n) is 12.9. The highest BCUT2D eigenvalue weighted by molar-refractivity contribution is 6.30. The minimum absolute atomic E-state index is 0.0542. The molecule has 0 spiro atoms. The van der Waals surface area contributed by atoms with Gasteiger partial charge in [-0.05, 0) is 36.3 Å². The third-order valence-corrected chi connectivity index (χ3v) is 7.63. The molecule has 0 radical (unpaired) electrons. The molecule has 6 rings (SSSR count). The summed E-state index contributed by atoms with van der Waals surface area (Å²) >= 11 is 6.03. The zero-order valence-electron chi connectivity index (χ0n) is 21.8. The molecule has 12 heteroatoms. The number of rotatable bonds is 8. The molecule has 2 N–H and O–H groups in total. The highest BCUT2D eigenvalue weighted by Crippen LogP contribution is 2.43. The molecule has 3 aliphatic heterocycles. The van der Waals surface area contributed by atoms with Crippen LogP contribution in [0.3, 0.4) is 0 Å². The van der Waals surface area contributed by atoms with Crippen molar-refractivity contribution >= 4 is 46.2 Å². The third kappa shape index (κ3) is 5.03. The average molecular weight is 567 g/mol. The van der Waals surface area contributed by atoms with Crippen LogP contribution in [-0.2, 0) is 14.4 Å². The number of ether oxygens (including phenoxy) is 2. The quantitative estimate of drug-likeness (QED) is 0.364. The zero-order valence-corrected chi connectivity index (χ0v) is 22.5. The normalized spacial score (nSPS) is 21.5. The molecule has 3 saturated heterocycles. The number of nitrogens with one attached hydrogen (secondary N) is 2. The molecular formula is C28H28ClFN6O4. The molecule has 40 heavy (non-hydrogen) atoms. The van der Waals surface area contributed by atoms with Crippen LogP contribution in [0.25, 0.3) is 0 Å². The second kappa shape index (κ2) is 10.9. The molecule has 3 atom stereocenters. The Hall–Kier alpha value is -3.93. The number of nitrogens with zero attached hydrogens (tertiary/aromatic N) is 4. The van der Waals surface area contributed by atoms with Crippen LogP contribution in [0, 0.1) is 5.82 Å². The standard InChI is InChI=1S/C28H28ClFN6O4/c1-3-28(37)34-21-10-22(25(38-2)11-24(21)35-13-18-9-17(35)14-39-18)33-26-12-27(32-15-31-26)36-23(6-7-40-36)16-4-5-20(30)19(29)8-16/h3-5,8,10-12,15,17-18,23H,1,6-7,9,13-14H2,2H3,(H,34,37)(H,31,32,33)/t17-,18-,23+/m0/s1. The lowest BCUT2D eigenvalue weighted by Gasteiger charge is -2.31. The minimum atomic E-state index is -0.474. The second-order valence-corrected chi connectivity index (χ2v) is 10.2. The van der Waals surface area contributed by atoms with Crippen molar-refractivity contribution in [3.63, 3.8) is 0 Å². The number of anilines is 5. The van der Waals surface area contributed by atoms with Gasteiger partial charge < -0.3 is 25.0 Å². The summed E-state index contributed by atoms with van der Waals surface area (Å²) in [5.74, 6) is 0.784. The number of aromatic nitrogens is 2. The van der Waals surface area contributed by atoms with E-state index >= 15 is 0 Å². The first kappa shape index (κ1) is 26.3. The maximum Gasteiger partial charge on any atom is 0.247 e. The first-order valence-corrected chi connectivity index (χ1v) is 13.3. The summed E-state index contributed by atoms with van der Waals surface area (Å²) in [5, 5.41) is 7.95. The highest BCUT2D eigenvalue weighted by Gasteiger charge is 2.40. The van der Waals surface area contributed by atoms with Crippen LogP contribution < -0.4 is 25.3 Å². The van der Waals surface area contributed by atoms with E-state index < -0.39 is 5.82 Å². The van der Waals surface area contributed by atoms with Crippen LogP contribution in [0.5, 0.6) is 5.75 Å². The Kier molecular flexibility index (Phi) is 7.18. The van der Waals surface area contributed by atoms with Crippen molar-refractivity contribution < 1.29 is 23.5 Å². The van der Waals surface area contributed by atoms with E-state index in [0.29, 0.717) is 48.4 Å². The second-order valence-electron chi connectivity index (χ2n) is 9.78. The highest BCUT2D eigenvalue weighted by atomic mass is 35.5. The Morgan fingerprint density at radius 1 is 1.25 bits per heavy atom. The van der Waals surface area contributed by atoms with E-state index in [1.165, 1.54) is 18.5 Å². The van der Waals surface area contributed by atoms with E-state index in [1.54, 1.807) is 30.4 Å².